The normalized spacial score (nSPS) is 18.9. The van der Waals surface area contributed by atoms with Crippen LogP contribution in [0.2, 0.25) is 5.02 Å². The number of hydrogen-bond acceptors (Lipinski definition) is 2. The minimum absolute atomic E-state index is 0.109. The van der Waals surface area contributed by atoms with Gasteiger partial charge in [-0.25, -0.2) is 0 Å². The SMILES string of the molecule is Cc1c(CC(=O)O)c(-c2ccc(Cl)cc2)c2cc(C)n3c2c1[SH](=O)(C1CC1)NCC3. The molecule has 5 rings (SSSR count). The van der Waals surface area contributed by atoms with Gasteiger partial charge in [-0.1, -0.05) is 23.7 Å². The molecule has 0 radical (unpaired) electrons. The van der Waals surface area contributed by atoms with Crippen molar-refractivity contribution in [2.24, 2.45) is 0 Å². The molecule has 0 spiro atoms. The fraction of sp³-hybridized carbons (Fsp3) is 0.348. The fourth-order valence-electron chi connectivity index (χ4n) is 4.96. The number of carboxylic acid groups (broad SMARTS) is 1. The quantitative estimate of drug-likeness (QED) is 0.526. The summed E-state index contributed by atoms with van der Waals surface area (Å²) < 4.78 is 19.9. The van der Waals surface area contributed by atoms with E-state index in [9.17, 15) is 14.1 Å². The third-order valence-corrected chi connectivity index (χ3v) is 10.1. The maximum absolute atomic E-state index is 14.3. The molecule has 1 aliphatic carbocycles. The zero-order valence-corrected chi connectivity index (χ0v) is 18.7. The van der Waals surface area contributed by atoms with Crippen LogP contribution >= 0.6 is 11.6 Å². The van der Waals surface area contributed by atoms with E-state index < -0.39 is 16.1 Å². The molecular weight excluding hydrogens is 420 g/mol. The highest BCUT2D eigenvalue weighted by molar-refractivity contribution is 8.02. The van der Waals surface area contributed by atoms with Gasteiger partial charge in [0.05, 0.1) is 16.8 Å². The first kappa shape index (κ1) is 19.8. The maximum atomic E-state index is 14.3. The lowest BCUT2D eigenvalue weighted by molar-refractivity contribution is -0.136. The number of aromatic nitrogens is 1. The Morgan fingerprint density at radius 1 is 1.27 bits per heavy atom. The monoisotopic (exact) mass is 444 g/mol. The van der Waals surface area contributed by atoms with E-state index in [1.54, 1.807) is 0 Å². The predicted molar refractivity (Wildman–Crippen MR) is 122 cm³/mol. The molecule has 30 heavy (non-hydrogen) atoms. The second-order valence-corrected chi connectivity index (χ2v) is 11.6. The smallest absolute Gasteiger partial charge is 0.307 e. The van der Waals surface area contributed by atoms with E-state index in [0.29, 0.717) is 11.6 Å². The Hall–Kier alpha value is -2.15. The standard InChI is InChI=1S/C23H25ClN2O3S/c1-13-11-19-21(15-3-5-16(24)6-4-15)18(12-20(27)28)14(2)23-22(19)26(13)10-9-25-30(23,29)17-7-8-17/h3-6,11,17,30H,7-10,12H2,1-2H3,(H,25,29)(H,27,28). The van der Waals surface area contributed by atoms with E-state index in [-0.39, 0.29) is 11.7 Å². The van der Waals surface area contributed by atoms with Crippen molar-refractivity contribution in [3.63, 3.8) is 0 Å². The topological polar surface area (TPSA) is 71.3 Å². The average Bonchev–Trinajstić information content (AvgIpc) is 3.50. The molecule has 1 aromatic heterocycles. The molecule has 0 bridgehead atoms. The van der Waals surface area contributed by atoms with Crippen molar-refractivity contribution in [3.05, 3.63) is 52.2 Å². The van der Waals surface area contributed by atoms with Gasteiger partial charge in [-0.05, 0) is 77.3 Å². The summed E-state index contributed by atoms with van der Waals surface area (Å²) in [7, 11) is -2.82. The van der Waals surface area contributed by atoms with Crippen LogP contribution in [0.5, 0.6) is 0 Å². The van der Waals surface area contributed by atoms with Crippen LogP contribution in [0.1, 0.15) is 29.7 Å². The van der Waals surface area contributed by atoms with Crippen LogP contribution in [-0.4, -0.2) is 31.6 Å². The summed E-state index contributed by atoms with van der Waals surface area (Å²) in [6.45, 7) is 5.41. The van der Waals surface area contributed by atoms with Gasteiger partial charge in [-0.2, -0.15) is 0 Å². The zero-order valence-electron chi connectivity index (χ0n) is 17.0. The summed E-state index contributed by atoms with van der Waals surface area (Å²) in [5, 5.41) is 11.5. The Morgan fingerprint density at radius 2 is 1.97 bits per heavy atom. The lowest BCUT2D eigenvalue weighted by Gasteiger charge is -2.28. The van der Waals surface area contributed by atoms with Crippen LogP contribution < -0.4 is 4.72 Å². The zero-order chi connectivity index (χ0) is 21.2. The summed E-state index contributed by atoms with van der Waals surface area (Å²) in [6, 6.07) is 9.65. The molecule has 2 N–H and O–H groups in total. The number of halogens is 1. The highest BCUT2D eigenvalue weighted by Gasteiger charge is 2.41. The van der Waals surface area contributed by atoms with Gasteiger partial charge >= 0.3 is 5.97 Å². The van der Waals surface area contributed by atoms with Gasteiger partial charge in [0.1, 0.15) is 0 Å². The van der Waals surface area contributed by atoms with Crippen molar-refractivity contribution in [2.75, 3.05) is 6.54 Å². The van der Waals surface area contributed by atoms with Crippen molar-refractivity contribution in [1.29, 1.82) is 0 Å². The second kappa shape index (κ2) is 6.94. The molecule has 5 nitrogen and oxygen atoms in total. The van der Waals surface area contributed by atoms with E-state index in [1.165, 1.54) is 0 Å². The Balaban J connectivity index is 1.94. The van der Waals surface area contributed by atoms with E-state index >= 15 is 0 Å². The summed E-state index contributed by atoms with van der Waals surface area (Å²) in [5.41, 5.74) is 5.54. The van der Waals surface area contributed by atoms with Crippen LogP contribution in [0.15, 0.2) is 35.2 Å². The number of nitrogens with zero attached hydrogens (tertiary/aromatic N) is 1. The van der Waals surface area contributed by atoms with Gasteiger partial charge < -0.3 is 9.67 Å². The molecule has 2 heterocycles. The molecule has 0 atom stereocenters. The number of hydrogen-bond donors (Lipinski definition) is 3. The van der Waals surface area contributed by atoms with Gasteiger partial charge in [0, 0.05) is 34.4 Å². The van der Waals surface area contributed by atoms with Crippen molar-refractivity contribution in [2.45, 2.75) is 49.8 Å². The molecule has 1 saturated carbocycles. The molecule has 2 aromatic carbocycles. The third-order valence-electron chi connectivity index (χ3n) is 6.44. The molecule has 3 aromatic rings. The number of aryl methyl sites for hydroxylation is 1. The Labute approximate surface area is 181 Å². The molecule has 1 aliphatic heterocycles. The largest absolute Gasteiger partial charge is 0.481 e. The first-order valence-electron chi connectivity index (χ1n) is 10.3. The highest BCUT2D eigenvalue weighted by Crippen LogP contribution is 2.47. The predicted octanol–water partition coefficient (Wildman–Crippen LogP) is 4.26. The number of aliphatic carboxylic acids is 1. The minimum atomic E-state index is -2.82. The lowest BCUT2D eigenvalue weighted by Crippen LogP contribution is -2.36. The van der Waals surface area contributed by atoms with Crippen LogP contribution in [0, 0.1) is 13.8 Å². The van der Waals surface area contributed by atoms with E-state index in [0.717, 1.165) is 63.1 Å². The molecule has 0 unspecified atom stereocenters. The first-order chi connectivity index (χ1) is 14.3. The molecule has 1 fully saturated rings. The molecule has 0 amide bonds. The van der Waals surface area contributed by atoms with Gasteiger partial charge in [-0.3, -0.25) is 13.7 Å². The Morgan fingerprint density at radius 3 is 2.60 bits per heavy atom. The van der Waals surface area contributed by atoms with Gasteiger partial charge in [0.2, 0.25) is 0 Å². The number of benzene rings is 2. The van der Waals surface area contributed by atoms with Crippen molar-refractivity contribution < 1.29 is 14.1 Å². The van der Waals surface area contributed by atoms with E-state index in [1.807, 2.05) is 31.2 Å². The van der Waals surface area contributed by atoms with Gasteiger partial charge in [-0.15, -0.1) is 0 Å². The number of thiol groups is 1. The lowest BCUT2D eigenvalue weighted by atomic mass is 9.90. The summed E-state index contributed by atoms with van der Waals surface area (Å²) in [4.78, 5) is 12.7. The molecule has 2 aliphatic rings. The Kier molecular flexibility index (Phi) is 4.58. The van der Waals surface area contributed by atoms with Crippen molar-refractivity contribution in [3.8, 4) is 11.1 Å². The fourth-order valence-corrected chi connectivity index (χ4v) is 8.37. The summed E-state index contributed by atoms with van der Waals surface area (Å²) >= 11 is 6.12. The first-order valence-corrected chi connectivity index (χ1v) is 12.4. The number of nitrogens with one attached hydrogen (secondary N) is 1. The highest BCUT2D eigenvalue weighted by atomic mass is 35.5. The summed E-state index contributed by atoms with van der Waals surface area (Å²) in [6.07, 6.45) is 1.80. The van der Waals surface area contributed by atoms with Crippen LogP contribution in [-0.2, 0) is 27.9 Å². The molecule has 0 saturated heterocycles. The molecular formula is C23H25ClN2O3S. The number of rotatable bonds is 4. The molecule has 7 heteroatoms. The number of carbonyl (C=O) groups is 1. The second-order valence-electron chi connectivity index (χ2n) is 8.40. The average molecular weight is 445 g/mol. The van der Waals surface area contributed by atoms with Crippen LogP contribution in [0.3, 0.4) is 0 Å². The van der Waals surface area contributed by atoms with E-state index in [4.69, 9.17) is 11.6 Å². The number of carboxylic acids is 1. The minimum Gasteiger partial charge on any atom is -0.481 e. The van der Waals surface area contributed by atoms with Crippen LogP contribution in [0.25, 0.3) is 22.0 Å². The third kappa shape index (κ3) is 2.93. The summed E-state index contributed by atoms with van der Waals surface area (Å²) in [5.74, 6) is -0.890. The van der Waals surface area contributed by atoms with Crippen LogP contribution in [0.4, 0.5) is 0 Å². The molecule has 158 valence electrons. The van der Waals surface area contributed by atoms with Gasteiger partial charge in [0.15, 0.2) is 0 Å². The van der Waals surface area contributed by atoms with Crippen molar-refractivity contribution >= 4 is 38.6 Å². The van der Waals surface area contributed by atoms with Crippen molar-refractivity contribution in [1.82, 2.24) is 9.29 Å². The van der Waals surface area contributed by atoms with E-state index in [2.05, 4.69) is 22.3 Å². The maximum Gasteiger partial charge on any atom is 0.307 e. The van der Waals surface area contributed by atoms with Gasteiger partial charge in [0.25, 0.3) is 0 Å². The Bertz CT molecular complexity index is 1240.